The summed E-state index contributed by atoms with van der Waals surface area (Å²) in [6.45, 7) is 3.18. The molecule has 0 aromatic heterocycles. The van der Waals surface area contributed by atoms with Crippen LogP contribution in [-0.4, -0.2) is 16.5 Å². The van der Waals surface area contributed by atoms with Gasteiger partial charge in [0.1, 0.15) is 0 Å². The summed E-state index contributed by atoms with van der Waals surface area (Å²) in [6, 6.07) is 0. The third-order valence-corrected chi connectivity index (χ3v) is 0.770. The molecular weight excluding hydrogens is 293 g/mol. The van der Waals surface area contributed by atoms with E-state index in [1.807, 2.05) is 0 Å². The average Bonchev–Trinajstić information content (AvgIpc) is 1.65. The molecule has 1 radical (unpaired) electrons. The second-order valence-corrected chi connectivity index (χ2v) is 1.14. The van der Waals surface area contributed by atoms with Gasteiger partial charge in [-0.3, -0.25) is 0 Å². The van der Waals surface area contributed by atoms with Gasteiger partial charge in [0, 0.05) is 28.5 Å². The molecule has 0 N–H and O–H groups in total. The van der Waals surface area contributed by atoms with E-state index >= 15 is 0 Å². The van der Waals surface area contributed by atoms with Crippen LogP contribution in [0.3, 0.4) is 0 Å². The zero-order valence-electron chi connectivity index (χ0n) is 3.90. The Kier molecular flexibility index (Phi) is 8.99. The Bertz CT molecular complexity index is 73.3. The fourth-order valence-electron chi connectivity index (χ4n) is 0.0833. The van der Waals surface area contributed by atoms with Crippen LogP contribution in [0.5, 0.6) is 0 Å². The van der Waals surface area contributed by atoms with Gasteiger partial charge in [0.15, 0.2) is 0 Å². The third kappa shape index (κ3) is 6.17. The van der Waals surface area contributed by atoms with Gasteiger partial charge < -0.3 is 4.43 Å². The Morgan fingerprint density at radius 3 is 2.29 bits per heavy atom. The third-order valence-electron chi connectivity index (χ3n) is 0.368. The van der Waals surface area contributed by atoms with Crippen LogP contribution in [-0.2, 0) is 31.6 Å². The first-order chi connectivity index (χ1) is 2.81. The molecule has 7 heavy (non-hydrogen) atoms. The fourth-order valence-corrected chi connectivity index (χ4v) is 0.250. The van der Waals surface area contributed by atoms with E-state index in [0.29, 0.717) is 10.5 Å². The van der Waals surface area contributed by atoms with Crippen LogP contribution in [0.2, 0.25) is 0 Å². The minimum Gasteiger partial charge on any atom is -0.526 e. The molecule has 45 valence electrons. The van der Waals surface area contributed by atoms with Gasteiger partial charge in [-0.2, -0.15) is 0 Å². The topological polar surface area (TPSA) is 26.3 Å². The SMILES string of the molecule is C=CC(=O)O[SiH3].[Au]. The predicted octanol–water partition coefficient (Wildman–Crippen LogP) is -1.01. The molecule has 0 heterocycles. The molecule has 0 spiro atoms. The zero-order valence-corrected chi connectivity index (χ0v) is 8.07. The van der Waals surface area contributed by atoms with Crippen LogP contribution >= 0.6 is 0 Å². The van der Waals surface area contributed by atoms with E-state index in [-0.39, 0.29) is 28.3 Å². The smallest absolute Gasteiger partial charge is 0.316 e. The second kappa shape index (κ2) is 6.17. The molecule has 0 aliphatic carbocycles. The normalized spacial score (nSPS) is 6.29. The molecule has 0 fully saturated rings. The van der Waals surface area contributed by atoms with E-state index in [2.05, 4.69) is 11.0 Å². The Balaban J connectivity index is 0. The van der Waals surface area contributed by atoms with Crippen molar-refractivity contribution >= 4 is 16.5 Å². The first kappa shape index (κ1) is 10.2. The van der Waals surface area contributed by atoms with Crippen molar-refractivity contribution in [1.29, 1.82) is 0 Å². The van der Waals surface area contributed by atoms with E-state index in [9.17, 15) is 4.79 Å². The Hall–Kier alpha value is 0.167. The van der Waals surface area contributed by atoms with Gasteiger partial charge in [0.05, 0.1) is 0 Å². The Morgan fingerprint density at radius 2 is 2.29 bits per heavy atom. The van der Waals surface area contributed by atoms with Crippen molar-refractivity contribution in [3.8, 4) is 0 Å². The van der Waals surface area contributed by atoms with Crippen LogP contribution in [0.25, 0.3) is 0 Å². The number of carbonyl (C=O) groups excluding carboxylic acids is 1. The van der Waals surface area contributed by atoms with E-state index < -0.39 is 0 Å². The Labute approximate surface area is 61.0 Å². The van der Waals surface area contributed by atoms with Gasteiger partial charge in [-0.05, 0) is 0 Å². The summed E-state index contributed by atoms with van der Waals surface area (Å²) in [6.07, 6.45) is 1.15. The van der Waals surface area contributed by atoms with Gasteiger partial charge in [-0.15, -0.1) is 0 Å². The largest absolute Gasteiger partial charge is 0.526 e. The maximum absolute atomic E-state index is 9.88. The number of rotatable bonds is 1. The van der Waals surface area contributed by atoms with Crippen LogP contribution in [0.1, 0.15) is 0 Å². The Morgan fingerprint density at radius 1 is 1.86 bits per heavy atom. The molecule has 2 nitrogen and oxygen atoms in total. The summed E-state index contributed by atoms with van der Waals surface area (Å²) in [7, 11) is 0.462. The average molecular weight is 299 g/mol. The van der Waals surface area contributed by atoms with E-state index in [1.54, 1.807) is 0 Å². The van der Waals surface area contributed by atoms with Crippen molar-refractivity contribution in [2.45, 2.75) is 0 Å². The second-order valence-electron chi connectivity index (χ2n) is 0.727. The molecule has 0 saturated heterocycles. The molecule has 0 atom stereocenters. The fraction of sp³-hybridized carbons (Fsp3) is 0. The minimum absolute atomic E-state index is 0. The van der Waals surface area contributed by atoms with Crippen molar-refractivity contribution < 1.29 is 31.6 Å². The van der Waals surface area contributed by atoms with Crippen molar-refractivity contribution in [2.24, 2.45) is 0 Å². The van der Waals surface area contributed by atoms with Gasteiger partial charge in [0.2, 0.25) is 10.5 Å². The van der Waals surface area contributed by atoms with Crippen molar-refractivity contribution in [3.05, 3.63) is 12.7 Å². The van der Waals surface area contributed by atoms with Crippen molar-refractivity contribution in [3.63, 3.8) is 0 Å². The van der Waals surface area contributed by atoms with E-state index in [1.165, 1.54) is 0 Å². The number of hydrogen-bond donors (Lipinski definition) is 0. The molecule has 0 saturated carbocycles. The molecule has 0 aromatic carbocycles. The summed E-state index contributed by atoms with van der Waals surface area (Å²) >= 11 is 0. The van der Waals surface area contributed by atoms with Gasteiger partial charge in [-0.1, -0.05) is 6.58 Å². The number of carbonyl (C=O) groups is 1. The van der Waals surface area contributed by atoms with Crippen LogP contribution in [0, 0.1) is 0 Å². The first-order valence-electron chi connectivity index (χ1n) is 1.51. The maximum atomic E-state index is 9.88. The molecular formula is C3H6AuO2Si. The van der Waals surface area contributed by atoms with Crippen LogP contribution in [0.4, 0.5) is 0 Å². The van der Waals surface area contributed by atoms with Crippen LogP contribution < -0.4 is 0 Å². The zero-order chi connectivity index (χ0) is 4.99. The summed E-state index contributed by atoms with van der Waals surface area (Å²) in [4.78, 5) is 9.88. The predicted molar refractivity (Wildman–Crippen MR) is 26.2 cm³/mol. The molecule has 0 unspecified atom stereocenters. The van der Waals surface area contributed by atoms with Gasteiger partial charge >= 0.3 is 5.97 Å². The molecule has 4 heteroatoms. The summed E-state index contributed by atoms with van der Waals surface area (Å²) in [5.41, 5.74) is 0. The van der Waals surface area contributed by atoms with Gasteiger partial charge in [0.25, 0.3) is 0 Å². The summed E-state index contributed by atoms with van der Waals surface area (Å²) in [5.74, 6) is -0.332. The molecule has 0 rings (SSSR count). The maximum Gasteiger partial charge on any atom is 0.316 e. The summed E-state index contributed by atoms with van der Waals surface area (Å²) < 4.78 is 4.28. The minimum atomic E-state index is -0.332. The van der Waals surface area contributed by atoms with Gasteiger partial charge in [-0.25, -0.2) is 4.79 Å². The van der Waals surface area contributed by atoms with Crippen molar-refractivity contribution in [2.75, 3.05) is 0 Å². The van der Waals surface area contributed by atoms with Crippen LogP contribution in [0.15, 0.2) is 12.7 Å². The number of hydrogen-bond acceptors (Lipinski definition) is 2. The van der Waals surface area contributed by atoms with E-state index in [4.69, 9.17) is 0 Å². The first-order valence-corrected chi connectivity index (χ1v) is 2.33. The molecule has 0 amide bonds. The molecule has 0 bridgehead atoms. The molecule has 0 aliphatic heterocycles. The van der Waals surface area contributed by atoms with E-state index in [0.717, 1.165) is 6.08 Å². The molecule has 0 aromatic rings. The monoisotopic (exact) mass is 299 g/mol. The standard InChI is InChI=1S/C3H6O2Si.Au/c1-2-3(4)5-6;/h2H,1H2,6H3;. The quantitative estimate of drug-likeness (QED) is 0.458. The van der Waals surface area contributed by atoms with Crippen molar-refractivity contribution in [1.82, 2.24) is 0 Å². The summed E-state index contributed by atoms with van der Waals surface area (Å²) in [5, 5.41) is 0. The molecule has 0 aliphatic rings.